The van der Waals surface area contributed by atoms with Crippen LogP contribution in [-0.2, 0) is 11.3 Å². The van der Waals surface area contributed by atoms with Gasteiger partial charge in [-0.3, -0.25) is 0 Å². The molecule has 0 spiro atoms. The van der Waals surface area contributed by atoms with E-state index in [0.29, 0.717) is 0 Å². The number of nitrogens with two attached hydrogens (primary N) is 1. The van der Waals surface area contributed by atoms with E-state index < -0.39 is 0 Å². The third-order valence-electron chi connectivity index (χ3n) is 5.18. The van der Waals surface area contributed by atoms with Crippen LogP contribution >= 0.6 is 11.3 Å². The van der Waals surface area contributed by atoms with Gasteiger partial charge in [0.1, 0.15) is 6.54 Å². The van der Waals surface area contributed by atoms with E-state index in [-0.39, 0.29) is 5.60 Å². The van der Waals surface area contributed by atoms with Crippen molar-refractivity contribution >= 4 is 11.3 Å². The summed E-state index contributed by atoms with van der Waals surface area (Å²) in [5.74, 6) is 2.55. The quantitative estimate of drug-likeness (QED) is 0.661. The Morgan fingerprint density at radius 1 is 1.30 bits per heavy atom. The van der Waals surface area contributed by atoms with Crippen molar-refractivity contribution in [2.24, 2.45) is 17.8 Å². The minimum atomic E-state index is 0.0830. The molecule has 1 aromatic heterocycles. The standard InChI is InChI=1S/C20H35NOS/c1-16(2)7-8-17(18-10-12-22-20(3,4)14-18)9-11-21-15-19-6-5-13-23-19/h5-6,13,16-18,21H,7-12,14-15H2,1-4H3/p+1/t17-,18+/m1/s1. The zero-order chi connectivity index (χ0) is 16.7. The Kier molecular flexibility index (Phi) is 7.58. The zero-order valence-electron chi connectivity index (χ0n) is 15.5. The van der Waals surface area contributed by atoms with Gasteiger partial charge < -0.3 is 10.1 Å². The molecule has 0 unspecified atom stereocenters. The second-order valence-corrected chi connectivity index (χ2v) is 9.27. The SMILES string of the molecule is CC(C)CC[C@H](CC[NH2+]Cc1cccs1)[C@H]1CCOC(C)(C)C1. The molecule has 2 N–H and O–H groups in total. The number of hydrogen-bond donors (Lipinski definition) is 1. The lowest BCUT2D eigenvalue weighted by Crippen LogP contribution is -2.82. The highest BCUT2D eigenvalue weighted by Crippen LogP contribution is 2.37. The van der Waals surface area contributed by atoms with Crippen molar-refractivity contribution in [1.29, 1.82) is 0 Å². The molecule has 1 aliphatic rings. The van der Waals surface area contributed by atoms with Crippen molar-refractivity contribution in [2.45, 2.75) is 71.9 Å². The van der Waals surface area contributed by atoms with E-state index >= 15 is 0 Å². The van der Waals surface area contributed by atoms with E-state index in [4.69, 9.17) is 4.74 Å². The van der Waals surface area contributed by atoms with Crippen LogP contribution in [0.5, 0.6) is 0 Å². The minimum Gasteiger partial charge on any atom is -0.376 e. The summed E-state index contributed by atoms with van der Waals surface area (Å²) in [7, 11) is 0. The van der Waals surface area contributed by atoms with E-state index in [0.717, 1.165) is 30.9 Å². The lowest BCUT2D eigenvalue weighted by atomic mass is 9.75. The molecular weight excluding hydrogens is 302 g/mol. The molecule has 2 atom stereocenters. The molecule has 1 fully saturated rings. The summed E-state index contributed by atoms with van der Waals surface area (Å²) in [5.41, 5.74) is 0.0830. The Hall–Kier alpha value is -0.380. The van der Waals surface area contributed by atoms with Crippen molar-refractivity contribution < 1.29 is 10.1 Å². The van der Waals surface area contributed by atoms with Crippen molar-refractivity contribution in [1.82, 2.24) is 0 Å². The molecule has 0 bridgehead atoms. The molecule has 2 rings (SSSR count). The van der Waals surface area contributed by atoms with Gasteiger partial charge in [0.25, 0.3) is 0 Å². The molecule has 0 amide bonds. The molecule has 0 aliphatic carbocycles. The second-order valence-electron chi connectivity index (χ2n) is 8.24. The topological polar surface area (TPSA) is 25.8 Å². The molecule has 132 valence electrons. The van der Waals surface area contributed by atoms with Crippen LogP contribution in [0.15, 0.2) is 17.5 Å². The average molecular weight is 339 g/mol. The van der Waals surface area contributed by atoms with Gasteiger partial charge in [-0.15, -0.1) is 11.3 Å². The summed E-state index contributed by atoms with van der Waals surface area (Å²) < 4.78 is 5.94. The highest BCUT2D eigenvalue weighted by atomic mass is 32.1. The molecule has 2 nitrogen and oxygen atoms in total. The first-order chi connectivity index (χ1) is 11.0. The van der Waals surface area contributed by atoms with E-state index in [1.807, 2.05) is 11.3 Å². The van der Waals surface area contributed by atoms with E-state index in [2.05, 4.69) is 50.5 Å². The molecule has 1 aliphatic heterocycles. The molecule has 1 aromatic rings. The zero-order valence-corrected chi connectivity index (χ0v) is 16.3. The van der Waals surface area contributed by atoms with Crippen molar-refractivity contribution in [3.63, 3.8) is 0 Å². The van der Waals surface area contributed by atoms with Crippen molar-refractivity contribution in [3.8, 4) is 0 Å². The van der Waals surface area contributed by atoms with Crippen molar-refractivity contribution in [2.75, 3.05) is 13.2 Å². The summed E-state index contributed by atoms with van der Waals surface area (Å²) in [5, 5.41) is 4.68. The van der Waals surface area contributed by atoms with Crippen LogP contribution in [0.4, 0.5) is 0 Å². The first-order valence-corrected chi connectivity index (χ1v) is 10.3. The van der Waals surface area contributed by atoms with Crippen LogP contribution in [-0.4, -0.2) is 18.8 Å². The molecular formula is C20H36NOS+. The molecule has 0 aromatic carbocycles. The van der Waals surface area contributed by atoms with E-state index in [1.165, 1.54) is 43.5 Å². The fraction of sp³-hybridized carbons (Fsp3) is 0.800. The van der Waals surface area contributed by atoms with E-state index in [9.17, 15) is 0 Å². The Bertz CT molecular complexity index is 427. The van der Waals surface area contributed by atoms with Crippen LogP contribution in [0.25, 0.3) is 0 Å². The predicted molar refractivity (Wildman–Crippen MR) is 99.7 cm³/mol. The van der Waals surface area contributed by atoms with Gasteiger partial charge in [0, 0.05) is 6.61 Å². The maximum absolute atomic E-state index is 5.94. The second kappa shape index (κ2) is 9.19. The summed E-state index contributed by atoms with van der Waals surface area (Å²) in [6.07, 6.45) is 6.62. The van der Waals surface area contributed by atoms with Gasteiger partial charge in [-0.1, -0.05) is 26.3 Å². The first-order valence-electron chi connectivity index (χ1n) is 9.44. The van der Waals surface area contributed by atoms with Crippen LogP contribution < -0.4 is 5.32 Å². The fourth-order valence-electron chi connectivity index (χ4n) is 3.85. The van der Waals surface area contributed by atoms with Gasteiger partial charge in [-0.2, -0.15) is 0 Å². The normalized spacial score (nSPS) is 22.4. The largest absolute Gasteiger partial charge is 0.376 e. The van der Waals surface area contributed by atoms with Gasteiger partial charge in [-0.05, 0) is 68.7 Å². The maximum atomic E-state index is 5.94. The molecule has 0 saturated carbocycles. The molecule has 1 saturated heterocycles. The van der Waals surface area contributed by atoms with Crippen molar-refractivity contribution in [3.05, 3.63) is 22.4 Å². The molecule has 23 heavy (non-hydrogen) atoms. The Morgan fingerprint density at radius 2 is 2.13 bits per heavy atom. The average Bonchev–Trinajstić information content (AvgIpc) is 2.98. The Labute approximate surface area is 147 Å². The Balaban J connectivity index is 1.80. The van der Waals surface area contributed by atoms with Crippen LogP contribution in [0.1, 0.15) is 64.7 Å². The highest BCUT2D eigenvalue weighted by molar-refractivity contribution is 7.09. The predicted octanol–water partition coefficient (Wildman–Crippen LogP) is 4.46. The third-order valence-corrected chi connectivity index (χ3v) is 6.08. The first kappa shape index (κ1) is 19.0. The monoisotopic (exact) mass is 338 g/mol. The lowest BCUT2D eigenvalue weighted by molar-refractivity contribution is -0.671. The molecule has 2 heterocycles. The summed E-state index contributed by atoms with van der Waals surface area (Å²) in [4.78, 5) is 1.50. The number of rotatable bonds is 9. The van der Waals surface area contributed by atoms with Gasteiger partial charge in [-0.25, -0.2) is 0 Å². The van der Waals surface area contributed by atoms with Gasteiger partial charge in [0.05, 0.1) is 17.0 Å². The third kappa shape index (κ3) is 6.94. The summed E-state index contributed by atoms with van der Waals surface area (Å²) >= 11 is 1.88. The van der Waals surface area contributed by atoms with Crippen LogP contribution in [0, 0.1) is 17.8 Å². The Morgan fingerprint density at radius 3 is 2.78 bits per heavy atom. The van der Waals surface area contributed by atoms with Crippen LogP contribution in [0.2, 0.25) is 0 Å². The van der Waals surface area contributed by atoms with Gasteiger partial charge >= 0.3 is 0 Å². The van der Waals surface area contributed by atoms with Gasteiger partial charge in [0.2, 0.25) is 0 Å². The smallest absolute Gasteiger partial charge is 0.111 e. The number of ether oxygens (including phenoxy) is 1. The highest BCUT2D eigenvalue weighted by Gasteiger charge is 2.33. The summed E-state index contributed by atoms with van der Waals surface area (Å²) in [6, 6.07) is 4.40. The maximum Gasteiger partial charge on any atom is 0.111 e. The minimum absolute atomic E-state index is 0.0830. The van der Waals surface area contributed by atoms with Crippen LogP contribution in [0.3, 0.4) is 0 Å². The molecule has 3 heteroatoms. The lowest BCUT2D eigenvalue weighted by Gasteiger charge is -2.39. The number of quaternary nitrogens is 1. The summed E-state index contributed by atoms with van der Waals surface area (Å²) in [6.45, 7) is 12.6. The number of hydrogen-bond acceptors (Lipinski definition) is 2. The fourth-order valence-corrected chi connectivity index (χ4v) is 4.55. The number of thiophene rings is 1. The molecule has 0 radical (unpaired) electrons. The van der Waals surface area contributed by atoms with E-state index in [1.54, 1.807) is 0 Å². The van der Waals surface area contributed by atoms with Gasteiger partial charge in [0.15, 0.2) is 0 Å².